The quantitative estimate of drug-likeness (QED) is 0.269. The number of aliphatic carboxylic acids is 1. The summed E-state index contributed by atoms with van der Waals surface area (Å²) in [4.78, 5) is 58.0. The molecule has 0 spiro atoms. The molecule has 0 saturated carbocycles. The highest BCUT2D eigenvalue weighted by Gasteiger charge is 2.30. The third-order valence-electron chi connectivity index (χ3n) is 4.71. The maximum atomic E-state index is 12.5. The second-order valence-corrected chi connectivity index (χ2v) is 8.60. The summed E-state index contributed by atoms with van der Waals surface area (Å²) in [6.45, 7) is 8.89. The molecule has 1 rings (SSSR count). The predicted octanol–water partition coefficient (Wildman–Crippen LogP) is 2.78. The van der Waals surface area contributed by atoms with E-state index in [0.29, 0.717) is 5.56 Å². The molecule has 0 fully saturated rings. The van der Waals surface area contributed by atoms with Crippen molar-refractivity contribution in [2.75, 3.05) is 13.2 Å². The summed E-state index contributed by atoms with van der Waals surface area (Å²) in [6.07, 6.45) is -1.81. The first-order chi connectivity index (χ1) is 15.7. The molecule has 0 heterocycles. The molecule has 10 nitrogen and oxygen atoms in total. The Morgan fingerprint density at radius 1 is 0.912 bits per heavy atom. The number of carboxylic acid groups (broad SMARTS) is 1. The lowest BCUT2D eigenvalue weighted by Crippen LogP contribution is -2.30. The molecule has 1 aromatic rings. The molecule has 0 aliphatic heterocycles. The molecule has 0 aliphatic rings. The number of esters is 4. The number of ether oxygens (including phenoxy) is 4. The number of hydrogen-bond donors (Lipinski definition) is 1. The summed E-state index contributed by atoms with van der Waals surface area (Å²) in [5.74, 6) is -3.41. The fraction of sp³-hybridized carbons (Fsp3) is 0.542. The lowest BCUT2D eigenvalue weighted by Gasteiger charge is -2.28. The van der Waals surface area contributed by atoms with Crippen molar-refractivity contribution in [2.45, 2.75) is 72.3 Å². The summed E-state index contributed by atoms with van der Waals surface area (Å²) in [7, 11) is 0. The summed E-state index contributed by atoms with van der Waals surface area (Å²) in [6, 6.07) is 3.52. The van der Waals surface area contributed by atoms with Crippen LogP contribution in [0.2, 0.25) is 0 Å². The number of carbonyl (C=O) groups excluding carboxylic acids is 4. The fourth-order valence-corrected chi connectivity index (χ4v) is 3.50. The highest BCUT2D eigenvalue weighted by molar-refractivity contribution is 5.79. The van der Waals surface area contributed by atoms with Gasteiger partial charge in [0, 0.05) is 24.8 Å². The summed E-state index contributed by atoms with van der Waals surface area (Å²) in [5.41, 5.74) is 1.40. The van der Waals surface area contributed by atoms with Crippen LogP contribution in [-0.2, 0) is 43.6 Å². The molecule has 0 amide bonds. The molecule has 1 N–H and O–H groups in total. The van der Waals surface area contributed by atoms with Gasteiger partial charge < -0.3 is 24.1 Å². The van der Waals surface area contributed by atoms with E-state index in [1.807, 2.05) is 19.9 Å². The second-order valence-electron chi connectivity index (χ2n) is 8.60. The monoisotopic (exact) mass is 480 g/mol. The van der Waals surface area contributed by atoms with Gasteiger partial charge in [-0.05, 0) is 31.0 Å². The van der Waals surface area contributed by atoms with E-state index in [1.54, 1.807) is 19.9 Å². The van der Waals surface area contributed by atoms with E-state index in [-0.39, 0.29) is 38.2 Å². The molecule has 0 radical (unpaired) electrons. The van der Waals surface area contributed by atoms with Crippen molar-refractivity contribution in [2.24, 2.45) is 0 Å². The van der Waals surface area contributed by atoms with Gasteiger partial charge in [0.25, 0.3) is 0 Å². The van der Waals surface area contributed by atoms with Gasteiger partial charge in [0.2, 0.25) is 0 Å². The van der Waals surface area contributed by atoms with Gasteiger partial charge in [-0.3, -0.25) is 24.0 Å². The lowest BCUT2D eigenvalue weighted by atomic mass is 9.78. The zero-order valence-corrected chi connectivity index (χ0v) is 20.4. The van der Waals surface area contributed by atoms with Crippen molar-refractivity contribution in [1.82, 2.24) is 0 Å². The molecular formula is C24H32O10. The predicted molar refractivity (Wildman–Crippen MR) is 119 cm³/mol. The number of carbonyl (C=O) groups is 5. The van der Waals surface area contributed by atoms with E-state index < -0.39 is 41.4 Å². The third kappa shape index (κ3) is 10.0. The topological polar surface area (TPSA) is 142 Å². The smallest absolute Gasteiger partial charge is 0.311 e. The summed E-state index contributed by atoms with van der Waals surface area (Å²) in [5, 5.41) is 9.27. The van der Waals surface area contributed by atoms with Crippen molar-refractivity contribution < 1.29 is 48.0 Å². The summed E-state index contributed by atoms with van der Waals surface area (Å²) < 4.78 is 20.2. The van der Waals surface area contributed by atoms with Crippen LogP contribution in [0.4, 0.5) is 0 Å². The average molecular weight is 481 g/mol. The van der Waals surface area contributed by atoms with E-state index in [4.69, 9.17) is 18.9 Å². The largest absolute Gasteiger partial charge is 0.481 e. The summed E-state index contributed by atoms with van der Waals surface area (Å²) >= 11 is 0. The molecule has 0 atom stereocenters. The maximum Gasteiger partial charge on any atom is 0.311 e. The minimum absolute atomic E-state index is 0.167. The van der Waals surface area contributed by atoms with Gasteiger partial charge >= 0.3 is 29.8 Å². The number of rotatable bonds is 12. The zero-order valence-electron chi connectivity index (χ0n) is 20.4. The van der Waals surface area contributed by atoms with Gasteiger partial charge in [-0.15, -0.1) is 0 Å². The zero-order chi connectivity index (χ0) is 26.1. The lowest BCUT2D eigenvalue weighted by molar-refractivity contribution is -0.165. The minimum atomic E-state index is -1.01. The van der Waals surface area contributed by atoms with Crippen LogP contribution >= 0.6 is 0 Å². The Balaban J connectivity index is 2.84. The van der Waals surface area contributed by atoms with Gasteiger partial charge in [0.15, 0.2) is 6.10 Å². The molecule has 0 aromatic heterocycles. The van der Waals surface area contributed by atoms with Gasteiger partial charge in [-0.25, -0.2) is 0 Å². The molecule has 0 unspecified atom stereocenters. The average Bonchev–Trinajstić information content (AvgIpc) is 2.66. The van der Waals surface area contributed by atoms with Gasteiger partial charge in [-0.2, -0.15) is 0 Å². The van der Waals surface area contributed by atoms with E-state index in [9.17, 15) is 29.1 Å². The van der Waals surface area contributed by atoms with Crippen LogP contribution in [0.3, 0.4) is 0 Å². The normalized spacial score (nSPS) is 11.0. The maximum absolute atomic E-state index is 12.5. The number of hydrogen-bond acceptors (Lipinski definition) is 9. The fourth-order valence-electron chi connectivity index (χ4n) is 3.50. The molecule has 34 heavy (non-hydrogen) atoms. The van der Waals surface area contributed by atoms with Crippen molar-refractivity contribution in [1.29, 1.82) is 0 Å². The van der Waals surface area contributed by atoms with Crippen LogP contribution in [0, 0.1) is 13.8 Å². The van der Waals surface area contributed by atoms with Crippen LogP contribution in [0.5, 0.6) is 5.75 Å². The van der Waals surface area contributed by atoms with E-state index in [2.05, 4.69) is 0 Å². The van der Waals surface area contributed by atoms with Crippen LogP contribution < -0.4 is 4.74 Å². The van der Waals surface area contributed by atoms with Crippen molar-refractivity contribution in [3.05, 3.63) is 28.8 Å². The molecule has 0 aliphatic carbocycles. The molecule has 0 saturated heterocycles. The molecule has 1 aromatic carbocycles. The van der Waals surface area contributed by atoms with Crippen LogP contribution in [0.25, 0.3) is 0 Å². The standard InChI is InChI=1S/C24H32O10/c1-14-9-15(2)23(24(5,6)11-20(27)28)19(10-14)34-22(30)8-7-21(29)33-18(12-31-16(3)25)13-32-17(4)26/h9-10,18H,7-8,11-13H2,1-6H3,(H,27,28). The first kappa shape index (κ1) is 28.6. The Morgan fingerprint density at radius 2 is 1.44 bits per heavy atom. The third-order valence-corrected chi connectivity index (χ3v) is 4.71. The Kier molecular flexibility index (Phi) is 10.7. The minimum Gasteiger partial charge on any atom is -0.481 e. The number of benzene rings is 1. The molecule has 188 valence electrons. The van der Waals surface area contributed by atoms with Crippen molar-refractivity contribution in [3.8, 4) is 5.75 Å². The Morgan fingerprint density at radius 3 is 1.94 bits per heavy atom. The van der Waals surface area contributed by atoms with Crippen LogP contribution in [0.15, 0.2) is 12.1 Å². The van der Waals surface area contributed by atoms with Crippen LogP contribution in [-0.4, -0.2) is 54.3 Å². The number of aryl methyl sites for hydroxylation is 2. The molecular weight excluding hydrogens is 448 g/mol. The van der Waals surface area contributed by atoms with Gasteiger partial charge in [-0.1, -0.05) is 19.9 Å². The second kappa shape index (κ2) is 12.7. The number of carboxylic acids is 1. The van der Waals surface area contributed by atoms with Crippen molar-refractivity contribution >= 4 is 29.8 Å². The highest BCUT2D eigenvalue weighted by Crippen LogP contribution is 2.38. The van der Waals surface area contributed by atoms with E-state index >= 15 is 0 Å². The van der Waals surface area contributed by atoms with Gasteiger partial charge in [0.05, 0.1) is 19.3 Å². The SMILES string of the molecule is CC(=O)OCC(COC(C)=O)OC(=O)CCC(=O)Oc1cc(C)cc(C)c1C(C)(C)CC(=O)O. The Hall–Kier alpha value is -3.43. The van der Waals surface area contributed by atoms with Crippen molar-refractivity contribution in [3.63, 3.8) is 0 Å². The molecule has 10 heteroatoms. The first-order valence-corrected chi connectivity index (χ1v) is 10.7. The van der Waals surface area contributed by atoms with E-state index in [1.165, 1.54) is 13.8 Å². The Bertz CT molecular complexity index is 914. The van der Waals surface area contributed by atoms with Crippen LogP contribution in [0.1, 0.15) is 63.6 Å². The van der Waals surface area contributed by atoms with Gasteiger partial charge in [0.1, 0.15) is 19.0 Å². The first-order valence-electron chi connectivity index (χ1n) is 10.7. The van der Waals surface area contributed by atoms with E-state index in [0.717, 1.165) is 11.1 Å². The Labute approximate surface area is 198 Å². The molecule has 0 bridgehead atoms. The highest BCUT2D eigenvalue weighted by atomic mass is 16.6.